The first-order valence-electron chi connectivity index (χ1n) is 5.26. The Hall–Kier alpha value is -1.29. The Morgan fingerprint density at radius 2 is 2.20 bits per heavy atom. The Kier molecular flexibility index (Phi) is 2.52. The fraction of sp³-hybridized carbons (Fsp3) is 0.545. The van der Waals surface area contributed by atoms with Crippen LogP contribution in [0.25, 0.3) is 0 Å². The Balaban J connectivity index is 1.99. The molecule has 1 fully saturated rings. The Labute approximate surface area is 89.5 Å². The largest absolute Gasteiger partial charge is 0.348 e. The summed E-state index contributed by atoms with van der Waals surface area (Å²) in [4.78, 5) is 11.8. The molecule has 1 heterocycles. The predicted molar refractivity (Wildman–Crippen MR) is 58.6 cm³/mol. The SMILES string of the molecule is Cc1ccc(C(=O)NC2CC(N)C2)n1C. The summed E-state index contributed by atoms with van der Waals surface area (Å²) < 4.78 is 1.90. The van der Waals surface area contributed by atoms with Crippen LogP contribution in [0.1, 0.15) is 29.0 Å². The molecule has 2 rings (SSSR count). The Bertz CT molecular complexity index is 377. The van der Waals surface area contributed by atoms with Gasteiger partial charge in [0.05, 0.1) is 0 Å². The zero-order chi connectivity index (χ0) is 11.0. The average molecular weight is 207 g/mol. The van der Waals surface area contributed by atoms with Crippen LogP contribution in [-0.4, -0.2) is 22.6 Å². The van der Waals surface area contributed by atoms with Crippen molar-refractivity contribution < 1.29 is 4.79 Å². The van der Waals surface area contributed by atoms with Crippen molar-refractivity contribution in [3.63, 3.8) is 0 Å². The third-order valence-electron chi connectivity index (χ3n) is 3.12. The van der Waals surface area contributed by atoms with Crippen LogP contribution in [0.3, 0.4) is 0 Å². The van der Waals surface area contributed by atoms with Crippen LogP contribution >= 0.6 is 0 Å². The molecule has 0 radical (unpaired) electrons. The molecule has 82 valence electrons. The average Bonchev–Trinajstić information content (AvgIpc) is 2.45. The molecule has 0 aromatic carbocycles. The number of nitrogens with zero attached hydrogens (tertiary/aromatic N) is 1. The first-order chi connectivity index (χ1) is 7.08. The fourth-order valence-corrected chi connectivity index (χ4v) is 1.88. The first kappa shape index (κ1) is 10.2. The minimum Gasteiger partial charge on any atom is -0.348 e. The zero-order valence-corrected chi connectivity index (χ0v) is 9.16. The van der Waals surface area contributed by atoms with E-state index < -0.39 is 0 Å². The number of hydrogen-bond donors (Lipinski definition) is 2. The lowest BCUT2D eigenvalue weighted by Crippen LogP contribution is -2.50. The van der Waals surface area contributed by atoms with Gasteiger partial charge in [0.15, 0.2) is 0 Å². The van der Waals surface area contributed by atoms with Crippen molar-refractivity contribution in [2.24, 2.45) is 12.8 Å². The molecular weight excluding hydrogens is 190 g/mol. The predicted octanol–water partition coefficient (Wildman–Crippen LogP) is 0.553. The Morgan fingerprint density at radius 1 is 1.53 bits per heavy atom. The molecule has 15 heavy (non-hydrogen) atoms. The van der Waals surface area contributed by atoms with Crippen molar-refractivity contribution in [2.75, 3.05) is 0 Å². The number of hydrogen-bond acceptors (Lipinski definition) is 2. The van der Waals surface area contributed by atoms with Crippen LogP contribution in [0.4, 0.5) is 0 Å². The van der Waals surface area contributed by atoms with Crippen molar-refractivity contribution in [3.05, 3.63) is 23.5 Å². The van der Waals surface area contributed by atoms with Crippen LogP contribution in [-0.2, 0) is 7.05 Å². The number of amides is 1. The Morgan fingerprint density at radius 3 is 2.67 bits per heavy atom. The second-order valence-corrected chi connectivity index (χ2v) is 4.32. The van der Waals surface area contributed by atoms with Gasteiger partial charge in [-0.2, -0.15) is 0 Å². The van der Waals surface area contributed by atoms with E-state index in [1.807, 2.05) is 30.7 Å². The molecular formula is C11H17N3O. The number of aryl methyl sites for hydroxylation is 1. The molecule has 0 saturated heterocycles. The van der Waals surface area contributed by atoms with Crippen molar-refractivity contribution >= 4 is 5.91 Å². The molecule has 1 aliphatic rings. The van der Waals surface area contributed by atoms with Crippen LogP contribution in [0.5, 0.6) is 0 Å². The van der Waals surface area contributed by atoms with Gasteiger partial charge in [0.2, 0.25) is 0 Å². The van der Waals surface area contributed by atoms with Gasteiger partial charge in [0, 0.05) is 24.8 Å². The lowest BCUT2D eigenvalue weighted by atomic mass is 9.87. The summed E-state index contributed by atoms with van der Waals surface area (Å²) >= 11 is 0. The summed E-state index contributed by atoms with van der Waals surface area (Å²) in [6.07, 6.45) is 1.80. The summed E-state index contributed by atoms with van der Waals surface area (Å²) in [7, 11) is 1.90. The summed E-state index contributed by atoms with van der Waals surface area (Å²) in [5.74, 6) is 0.00231. The number of aromatic nitrogens is 1. The van der Waals surface area contributed by atoms with E-state index in [1.165, 1.54) is 0 Å². The highest BCUT2D eigenvalue weighted by atomic mass is 16.2. The van der Waals surface area contributed by atoms with E-state index in [9.17, 15) is 4.79 Å². The van der Waals surface area contributed by atoms with E-state index >= 15 is 0 Å². The van der Waals surface area contributed by atoms with Crippen LogP contribution in [0.2, 0.25) is 0 Å². The van der Waals surface area contributed by atoms with Crippen molar-refractivity contribution in [1.82, 2.24) is 9.88 Å². The van der Waals surface area contributed by atoms with Crippen LogP contribution in [0, 0.1) is 6.92 Å². The topological polar surface area (TPSA) is 60.1 Å². The van der Waals surface area contributed by atoms with Gasteiger partial charge in [0.1, 0.15) is 5.69 Å². The molecule has 4 heteroatoms. The smallest absolute Gasteiger partial charge is 0.268 e. The molecule has 1 saturated carbocycles. The summed E-state index contributed by atoms with van der Waals surface area (Å²) in [6, 6.07) is 4.33. The van der Waals surface area contributed by atoms with Gasteiger partial charge < -0.3 is 15.6 Å². The molecule has 1 aromatic rings. The maximum absolute atomic E-state index is 11.8. The van der Waals surface area contributed by atoms with E-state index in [0.29, 0.717) is 5.69 Å². The number of carbonyl (C=O) groups is 1. The summed E-state index contributed by atoms with van der Waals surface area (Å²) in [5.41, 5.74) is 7.46. The molecule has 1 aromatic heterocycles. The second kappa shape index (κ2) is 3.70. The molecule has 0 unspecified atom stereocenters. The third kappa shape index (κ3) is 1.90. The maximum Gasteiger partial charge on any atom is 0.268 e. The minimum atomic E-state index is 0.00231. The molecule has 0 bridgehead atoms. The van der Waals surface area contributed by atoms with Crippen molar-refractivity contribution in [3.8, 4) is 0 Å². The number of nitrogens with one attached hydrogen (secondary N) is 1. The third-order valence-corrected chi connectivity index (χ3v) is 3.12. The molecule has 0 atom stereocenters. The highest BCUT2D eigenvalue weighted by molar-refractivity contribution is 5.93. The second-order valence-electron chi connectivity index (χ2n) is 4.32. The van der Waals surface area contributed by atoms with Gasteiger partial charge in [0.25, 0.3) is 5.91 Å². The number of rotatable bonds is 2. The monoisotopic (exact) mass is 207 g/mol. The van der Waals surface area contributed by atoms with Gasteiger partial charge >= 0.3 is 0 Å². The lowest BCUT2D eigenvalue weighted by molar-refractivity contribution is 0.0901. The molecule has 0 aliphatic heterocycles. The van der Waals surface area contributed by atoms with Crippen molar-refractivity contribution in [1.29, 1.82) is 0 Å². The zero-order valence-electron chi connectivity index (χ0n) is 9.16. The van der Waals surface area contributed by atoms with Gasteiger partial charge in [-0.05, 0) is 31.9 Å². The van der Waals surface area contributed by atoms with E-state index in [4.69, 9.17) is 5.73 Å². The quantitative estimate of drug-likeness (QED) is 0.744. The van der Waals surface area contributed by atoms with Crippen LogP contribution < -0.4 is 11.1 Å². The standard InChI is InChI=1S/C11H17N3O/c1-7-3-4-10(14(7)2)11(15)13-9-5-8(12)6-9/h3-4,8-9H,5-6,12H2,1-2H3,(H,13,15). The highest BCUT2D eigenvalue weighted by Crippen LogP contribution is 2.18. The lowest BCUT2D eigenvalue weighted by Gasteiger charge is -2.32. The number of nitrogens with two attached hydrogens (primary N) is 1. The van der Waals surface area contributed by atoms with Gasteiger partial charge in [-0.1, -0.05) is 0 Å². The molecule has 1 amide bonds. The molecule has 3 N–H and O–H groups in total. The normalized spacial score (nSPS) is 24.7. The minimum absolute atomic E-state index is 0.00231. The molecule has 0 spiro atoms. The van der Waals surface area contributed by atoms with Crippen LogP contribution in [0.15, 0.2) is 12.1 Å². The van der Waals surface area contributed by atoms with E-state index in [0.717, 1.165) is 18.5 Å². The van der Waals surface area contributed by atoms with Gasteiger partial charge in [-0.15, -0.1) is 0 Å². The van der Waals surface area contributed by atoms with Gasteiger partial charge in [-0.3, -0.25) is 4.79 Å². The number of carbonyl (C=O) groups excluding carboxylic acids is 1. The summed E-state index contributed by atoms with van der Waals surface area (Å²) in [5, 5.41) is 2.98. The molecule has 1 aliphatic carbocycles. The summed E-state index contributed by atoms with van der Waals surface area (Å²) in [6.45, 7) is 1.98. The van der Waals surface area contributed by atoms with E-state index in [1.54, 1.807) is 0 Å². The molecule has 4 nitrogen and oxygen atoms in total. The van der Waals surface area contributed by atoms with Crippen molar-refractivity contribution in [2.45, 2.75) is 31.8 Å². The highest BCUT2D eigenvalue weighted by Gasteiger charge is 2.27. The van der Waals surface area contributed by atoms with E-state index in [-0.39, 0.29) is 18.0 Å². The van der Waals surface area contributed by atoms with Gasteiger partial charge in [-0.25, -0.2) is 0 Å². The fourth-order valence-electron chi connectivity index (χ4n) is 1.88. The first-order valence-corrected chi connectivity index (χ1v) is 5.26. The maximum atomic E-state index is 11.8. The van der Waals surface area contributed by atoms with E-state index in [2.05, 4.69) is 5.32 Å².